The Morgan fingerprint density at radius 3 is 2.70 bits per heavy atom. The van der Waals surface area contributed by atoms with Crippen LogP contribution in [0.25, 0.3) is 0 Å². The van der Waals surface area contributed by atoms with E-state index in [-0.39, 0.29) is 18.2 Å². The minimum Gasteiger partial charge on any atom is -0.486 e. The van der Waals surface area contributed by atoms with E-state index in [9.17, 15) is 9.59 Å². The third-order valence-corrected chi connectivity index (χ3v) is 7.35. The van der Waals surface area contributed by atoms with Crippen molar-refractivity contribution in [3.05, 3.63) is 47.5 Å². The number of nitrogens with zero attached hydrogens (tertiary/aromatic N) is 2. The molecule has 33 heavy (non-hydrogen) atoms. The van der Waals surface area contributed by atoms with Gasteiger partial charge in [0.1, 0.15) is 13.2 Å². The van der Waals surface area contributed by atoms with Gasteiger partial charge in [-0.25, -0.2) is 0 Å². The number of amides is 2. The summed E-state index contributed by atoms with van der Waals surface area (Å²) in [5.41, 5.74) is 3.78. The Morgan fingerprint density at radius 2 is 1.88 bits per heavy atom. The second-order valence-electron chi connectivity index (χ2n) is 8.76. The van der Waals surface area contributed by atoms with E-state index in [1.165, 1.54) is 17.1 Å². The second kappa shape index (κ2) is 9.65. The summed E-state index contributed by atoms with van der Waals surface area (Å²) in [5, 5.41) is 3.09. The minimum atomic E-state index is -0.395. The summed E-state index contributed by atoms with van der Waals surface area (Å²) in [4.78, 5) is 29.9. The first kappa shape index (κ1) is 22.1. The zero-order valence-corrected chi connectivity index (χ0v) is 19.7. The fraction of sp³-hybridized carbons (Fsp3) is 0.440. The first-order valence-corrected chi connectivity index (χ1v) is 12.6. The van der Waals surface area contributed by atoms with Crippen LogP contribution in [-0.4, -0.2) is 61.1 Å². The summed E-state index contributed by atoms with van der Waals surface area (Å²) < 4.78 is 11.2. The number of carbonyl (C=O) groups excluding carboxylic acids is 2. The van der Waals surface area contributed by atoms with Gasteiger partial charge >= 0.3 is 0 Å². The molecule has 0 spiro atoms. The molecule has 8 heteroatoms. The molecule has 3 aliphatic rings. The number of thioether (sulfide) groups is 1. The maximum absolute atomic E-state index is 13.1. The molecule has 0 radical (unpaired) electrons. The van der Waals surface area contributed by atoms with Crippen LogP contribution < -0.4 is 19.7 Å². The highest BCUT2D eigenvalue weighted by Crippen LogP contribution is 2.36. The molecule has 2 saturated heterocycles. The summed E-state index contributed by atoms with van der Waals surface area (Å²) in [5.74, 6) is 3.10. The monoisotopic (exact) mass is 467 g/mol. The van der Waals surface area contributed by atoms with E-state index in [0.717, 1.165) is 36.6 Å². The minimum absolute atomic E-state index is 0.0553. The SMILES string of the molecule is Cc1ccc(CN2CCSCC2)cc1NC(=O)C1CC(=O)N(c2ccc3c(c2)OCCO3)C1. The Morgan fingerprint density at radius 1 is 1.09 bits per heavy atom. The Balaban J connectivity index is 1.25. The summed E-state index contributed by atoms with van der Waals surface area (Å²) >= 11 is 2.00. The van der Waals surface area contributed by atoms with E-state index in [4.69, 9.17) is 9.47 Å². The Bertz CT molecular complexity index is 1050. The predicted molar refractivity (Wildman–Crippen MR) is 130 cm³/mol. The highest BCUT2D eigenvalue weighted by Gasteiger charge is 2.35. The average Bonchev–Trinajstić information content (AvgIpc) is 3.23. The van der Waals surface area contributed by atoms with E-state index in [1.54, 1.807) is 4.90 Å². The van der Waals surface area contributed by atoms with Crippen molar-refractivity contribution in [2.75, 3.05) is 54.6 Å². The van der Waals surface area contributed by atoms with Crippen LogP contribution in [-0.2, 0) is 16.1 Å². The molecule has 174 valence electrons. The van der Waals surface area contributed by atoms with Gasteiger partial charge in [0.15, 0.2) is 11.5 Å². The lowest BCUT2D eigenvalue weighted by Gasteiger charge is -2.26. The number of benzene rings is 2. The van der Waals surface area contributed by atoms with E-state index >= 15 is 0 Å². The largest absolute Gasteiger partial charge is 0.486 e. The molecule has 0 aromatic heterocycles. The lowest BCUT2D eigenvalue weighted by molar-refractivity contribution is -0.122. The third-order valence-electron chi connectivity index (χ3n) is 6.40. The lowest BCUT2D eigenvalue weighted by atomic mass is 10.1. The van der Waals surface area contributed by atoms with E-state index in [2.05, 4.69) is 28.4 Å². The zero-order valence-electron chi connectivity index (χ0n) is 18.8. The first-order valence-electron chi connectivity index (χ1n) is 11.5. The van der Waals surface area contributed by atoms with Gasteiger partial charge < -0.3 is 19.7 Å². The van der Waals surface area contributed by atoms with Gasteiger partial charge in [0.05, 0.1) is 5.92 Å². The van der Waals surface area contributed by atoms with Crippen molar-refractivity contribution in [3.8, 4) is 11.5 Å². The fourth-order valence-electron chi connectivity index (χ4n) is 4.49. The molecule has 2 amide bonds. The molecule has 2 aromatic carbocycles. The van der Waals surface area contributed by atoms with Gasteiger partial charge in [0.25, 0.3) is 0 Å². The topological polar surface area (TPSA) is 71.1 Å². The summed E-state index contributed by atoms with van der Waals surface area (Å²) in [6.45, 7) is 6.45. The van der Waals surface area contributed by atoms with Crippen LogP contribution in [0, 0.1) is 12.8 Å². The van der Waals surface area contributed by atoms with Gasteiger partial charge in [-0.05, 0) is 36.2 Å². The maximum atomic E-state index is 13.1. The fourth-order valence-corrected chi connectivity index (χ4v) is 5.47. The average molecular weight is 468 g/mol. The normalized spacial score (nSPS) is 20.7. The number of carbonyl (C=O) groups is 2. The molecule has 1 unspecified atom stereocenters. The number of hydrogen-bond acceptors (Lipinski definition) is 6. The summed E-state index contributed by atoms with van der Waals surface area (Å²) in [6, 6.07) is 11.8. The molecule has 0 bridgehead atoms. The van der Waals surface area contributed by atoms with Crippen molar-refractivity contribution in [1.82, 2.24) is 4.90 Å². The standard InChI is InChI=1S/C25H29N3O4S/c1-17-2-3-18(15-27-6-10-33-11-7-27)12-21(17)26-25(30)19-13-24(29)28(16-19)20-4-5-22-23(14-20)32-9-8-31-22/h2-5,12,14,19H,6-11,13,15-16H2,1H3,(H,26,30). The molecule has 1 N–H and O–H groups in total. The van der Waals surface area contributed by atoms with Crippen molar-refractivity contribution in [3.63, 3.8) is 0 Å². The van der Waals surface area contributed by atoms with Crippen molar-refractivity contribution < 1.29 is 19.1 Å². The van der Waals surface area contributed by atoms with Crippen LogP contribution in [0.2, 0.25) is 0 Å². The van der Waals surface area contributed by atoms with Crippen molar-refractivity contribution in [1.29, 1.82) is 0 Å². The summed E-state index contributed by atoms with van der Waals surface area (Å²) in [7, 11) is 0. The van der Waals surface area contributed by atoms with Gasteiger partial charge in [-0.15, -0.1) is 0 Å². The predicted octanol–water partition coefficient (Wildman–Crippen LogP) is 3.31. The molecular formula is C25H29N3O4S. The van der Waals surface area contributed by atoms with Crippen molar-refractivity contribution >= 4 is 35.0 Å². The van der Waals surface area contributed by atoms with Gasteiger partial charge in [-0.3, -0.25) is 14.5 Å². The molecule has 2 fully saturated rings. The number of anilines is 2. The van der Waals surface area contributed by atoms with Crippen molar-refractivity contribution in [2.24, 2.45) is 5.92 Å². The Hall–Kier alpha value is -2.71. The molecule has 7 nitrogen and oxygen atoms in total. The number of aryl methyl sites for hydroxylation is 1. The Kier molecular flexibility index (Phi) is 6.46. The first-order chi connectivity index (χ1) is 16.1. The van der Waals surface area contributed by atoms with Gasteiger partial charge in [0.2, 0.25) is 11.8 Å². The highest BCUT2D eigenvalue weighted by atomic mass is 32.2. The van der Waals surface area contributed by atoms with Crippen LogP contribution >= 0.6 is 11.8 Å². The van der Waals surface area contributed by atoms with Gasteiger partial charge in [-0.2, -0.15) is 11.8 Å². The molecule has 2 aromatic rings. The number of rotatable bonds is 5. The molecule has 0 aliphatic carbocycles. The van der Waals surface area contributed by atoms with E-state index in [0.29, 0.717) is 31.3 Å². The molecular weight excluding hydrogens is 438 g/mol. The van der Waals surface area contributed by atoms with Crippen molar-refractivity contribution in [2.45, 2.75) is 19.9 Å². The third kappa shape index (κ3) is 4.96. The Labute approximate surface area is 198 Å². The molecule has 1 atom stereocenters. The number of ether oxygens (including phenoxy) is 2. The van der Waals surface area contributed by atoms with Crippen LogP contribution in [0.1, 0.15) is 17.5 Å². The quantitative estimate of drug-likeness (QED) is 0.728. The van der Waals surface area contributed by atoms with Crippen LogP contribution in [0.3, 0.4) is 0 Å². The number of nitrogens with one attached hydrogen (secondary N) is 1. The van der Waals surface area contributed by atoms with Crippen LogP contribution in [0.15, 0.2) is 36.4 Å². The van der Waals surface area contributed by atoms with Gasteiger partial charge in [0, 0.05) is 61.5 Å². The molecule has 3 heterocycles. The summed E-state index contributed by atoms with van der Waals surface area (Å²) in [6.07, 6.45) is 0.199. The van der Waals surface area contributed by atoms with E-state index in [1.807, 2.05) is 36.9 Å². The maximum Gasteiger partial charge on any atom is 0.229 e. The number of hydrogen-bond donors (Lipinski definition) is 1. The molecule has 3 aliphatic heterocycles. The number of fused-ring (bicyclic) bond motifs is 1. The lowest BCUT2D eigenvalue weighted by Crippen LogP contribution is -2.32. The second-order valence-corrected chi connectivity index (χ2v) is 9.99. The van der Waals surface area contributed by atoms with Gasteiger partial charge in [-0.1, -0.05) is 12.1 Å². The zero-order chi connectivity index (χ0) is 22.8. The smallest absolute Gasteiger partial charge is 0.229 e. The molecule has 0 saturated carbocycles. The van der Waals surface area contributed by atoms with Crippen LogP contribution in [0.5, 0.6) is 11.5 Å². The van der Waals surface area contributed by atoms with E-state index < -0.39 is 5.92 Å². The molecule has 5 rings (SSSR count). The highest BCUT2D eigenvalue weighted by molar-refractivity contribution is 7.99. The van der Waals surface area contributed by atoms with Crippen LogP contribution in [0.4, 0.5) is 11.4 Å².